The molecule has 4 atom stereocenters. The number of aromatic hydroxyl groups is 2. The Balaban J connectivity index is 1.58. The molecule has 4 rings (SSSR count). The van der Waals surface area contributed by atoms with Gasteiger partial charge in [0.1, 0.15) is 11.5 Å². The highest BCUT2D eigenvalue weighted by molar-refractivity contribution is 6.30. The highest BCUT2D eigenvalue weighted by atomic mass is 16.7. The van der Waals surface area contributed by atoms with Crippen LogP contribution in [0.2, 0.25) is 0 Å². The van der Waals surface area contributed by atoms with Gasteiger partial charge in [0.05, 0.1) is 36.0 Å². The number of aliphatic hydroxyl groups excluding tert-OH is 1. The molecule has 0 spiro atoms. The second-order valence-corrected chi connectivity index (χ2v) is 7.48. The van der Waals surface area contributed by atoms with E-state index in [1.165, 1.54) is 30.3 Å². The van der Waals surface area contributed by atoms with E-state index in [2.05, 4.69) is 10.0 Å². The van der Waals surface area contributed by atoms with Gasteiger partial charge in [0.25, 0.3) is 0 Å². The summed E-state index contributed by atoms with van der Waals surface area (Å²) in [5.74, 6) is -1.85. The van der Waals surface area contributed by atoms with Gasteiger partial charge in [-0.15, -0.1) is 0 Å². The summed E-state index contributed by atoms with van der Waals surface area (Å²) in [6.45, 7) is 1.56. The van der Waals surface area contributed by atoms with Crippen molar-refractivity contribution in [1.82, 2.24) is 0 Å². The minimum Gasteiger partial charge on any atom is -0.507 e. The molecule has 2 aromatic carbocycles. The molecular weight excluding hydrogens is 406 g/mol. The Morgan fingerprint density at radius 2 is 1.90 bits per heavy atom. The van der Waals surface area contributed by atoms with Gasteiger partial charge in [-0.3, -0.25) is 9.59 Å². The van der Waals surface area contributed by atoms with E-state index in [1.54, 1.807) is 6.92 Å². The highest BCUT2D eigenvalue weighted by Gasteiger charge is 2.36. The molecule has 0 amide bonds. The van der Waals surface area contributed by atoms with Crippen LogP contribution in [0.25, 0.3) is 10.4 Å². The largest absolute Gasteiger partial charge is 0.507 e. The van der Waals surface area contributed by atoms with Crippen LogP contribution in [0.3, 0.4) is 0 Å². The Morgan fingerprint density at radius 1 is 1.16 bits per heavy atom. The first kappa shape index (κ1) is 20.8. The van der Waals surface area contributed by atoms with Gasteiger partial charge in [-0.2, -0.15) is 0 Å². The van der Waals surface area contributed by atoms with Crippen molar-refractivity contribution < 1.29 is 34.4 Å². The third kappa shape index (κ3) is 3.62. The molecule has 0 saturated carbocycles. The molecule has 1 unspecified atom stereocenters. The molecule has 2 aliphatic rings. The Bertz CT molecular complexity index is 1130. The number of azide groups is 1. The summed E-state index contributed by atoms with van der Waals surface area (Å²) >= 11 is 0. The van der Waals surface area contributed by atoms with E-state index in [-0.39, 0.29) is 41.0 Å². The SMILES string of the molecule is CC1O[C@@H](OCc2cc(O)c3c(c2)C(=O)c2cccc(O)c2C3=O)C[C@@H](N=[N+]=[N-])[C@H]1O. The topological polar surface area (TPSA) is 162 Å². The average Bonchev–Trinajstić information content (AvgIpc) is 2.73. The van der Waals surface area contributed by atoms with Crippen LogP contribution in [0.1, 0.15) is 50.8 Å². The number of ketones is 2. The minimum absolute atomic E-state index is 0.0157. The summed E-state index contributed by atoms with van der Waals surface area (Å²) in [4.78, 5) is 28.4. The van der Waals surface area contributed by atoms with Crippen LogP contribution in [0.5, 0.6) is 11.5 Å². The maximum atomic E-state index is 12.9. The zero-order valence-electron chi connectivity index (χ0n) is 16.4. The molecule has 1 aliphatic heterocycles. The number of phenols is 2. The third-order valence-corrected chi connectivity index (χ3v) is 5.47. The lowest BCUT2D eigenvalue weighted by Gasteiger charge is -2.35. The fraction of sp³-hybridized carbons (Fsp3) is 0.333. The lowest BCUT2D eigenvalue weighted by molar-refractivity contribution is -0.226. The molecule has 0 radical (unpaired) electrons. The van der Waals surface area contributed by atoms with Crippen LogP contribution in [0.4, 0.5) is 0 Å². The van der Waals surface area contributed by atoms with Crippen molar-refractivity contribution in [1.29, 1.82) is 0 Å². The number of ether oxygens (including phenoxy) is 2. The molecule has 3 N–H and O–H groups in total. The van der Waals surface area contributed by atoms with Crippen molar-refractivity contribution >= 4 is 11.6 Å². The van der Waals surface area contributed by atoms with Gasteiger partial charge in [-0.25, -0.2) is 0 Å². The molecule has 2 aromatic rings. The molecular formula is C21H19N3O7. The van der Waals surface area contributed by atoms with E-state index in [4.69, 9.17) is 15.0 Å². The van der Waals surface area contributed by atoms with Crippen LogP contribution < -0.4 is 0 Å². The van der Waals surface area contributed by atoms with E-state index in [0.717, 1.165) is 0 Å². The van der Waals surface area contributed by atoms with E-state index in [0.29, 0.717) is 5.56 Å². The van der Waals surface area contributed by atoms with Crippen LogP contribution in [-0.2, 0) is 16.1 Å². The summed E-state index contributed by atoms with van der Waals surface area (Å²) in [7, 11) is 0. The zero-order chi connectivity index (χ0) is 22.3. The molecule has 1 aliphatic carbocycles. The fourth-order valence-electron chi connectivity index (χ4n) is 3.93. The Morgan fingerprint density at radius 3 is 2.65 bits per heavy atom. The summed E-state index contributed by atoms with van der Waals surface area (Å²) < 4.78 is 11.3. The molecule has 160 valence electrons. The molecule has 31 heavy (non-hydrogen) atoms. The monoisotopic (exact) mass is 425 g/mol. The predicted molar refractivity (Wildman–Crippen MR) is 106 cm³/mol. The Kier molecular flexibility index (Phi) is 5.38. The van der Waals surface area contributed by atoms with Crippen LogP contribution in [-0.4, -0.2) is 51.4 Å². The average molecular weight is 425 g/mol. The zero-order valence-corrected chi connectivity index (χ0v) is 16.4. The highest BCUT2D eigenvalue weighted by Crippen LogP contribution is 2.37. The summed E-state index contributed by atoms with van der Waals surface area (Å²) in [6, 6.07) is 6.26. The number of fused-ring (bicyclic) bond motifs is 2. The summed E-state index contributed by atoms with van der Waals surface area (Å²) in [5.41, 5.74) is 8.85. The molecule has 1 saturated heterocycles. The van der Waals surface area contributed by atoms with E-state index in [9.17, 15) is 24.9 Å². The van der Waals surface area contributed by atoms with Crippen LogP contribution >= 0.6 is 0 Å². The van der Waals surface area contributed by atoms with E-state index >= 15 is 0 Å². The predicted octanol–water partition coefficient (Wildman–Crippen LogP) is 2.56. The maximum absolute atomic E-state index is 12.9. The van der Waals surface area contributed by atoms with Crippen molar-refractivity contribution in [3.05, 3.63) is 68.6 Å². The van der Waals surface area contributed by atoms with Crippen molar-refractivity contribution in [2.45, 2.75) is 44.5 Å². The van der Waals surface area contributed by atoms with Crippen LogP contribution in [0.15, 0.2) is 35.4 Å². The third-order valence-electron chi connectivity index (χ3n) is 5.47. The second-order valence-electron chi connectivity index (χ2n) is 7.48. The molecule has 10 heteroatoms. The number of hydrogen-bond donors (Lipinski definition) is 3. The molecule has 1 fully saturated rings. The van der Waals surface area contributed by atoms with Crippen molar-refractivity contribution in [2.24, 2.45) is 5.11 Å². The molecule has 0 aromatic heterocycles. The first-order chi connectivity index (χ1) is 14.8. The normalized spacial score (nSPS) is 24.8. The number of carbonyl (C=O) groups excluding carboxylic acids is 2. The minimum atomic E-state index is -0.955. The molecule has 1 heterocycles. The van der Waals surface area contributed by atoms with Gasteiger partial charge in [0.15, 0.2) is 12.1 Å². The second kappa shape index (κ2) is 8.01. The lowest BCUT2D eigenvalue weighted by atomic mass is 9.82. The standard InChI is InChI=1S/C21H19N3O7/c1-9-19(27)13(23-24-22)7-16(31-9)30-8-10-5-12-18(15(26)6-10)21(29)17-11(20(12)28)3-2-4-14(17)25/h2-6,9,13,16,19,25-27H,7-8H2,1H3/t9?,13-,16-,19+/m1/s1. The number of aliphatic hydroxyl groups is 1. The van der Waals surface area contributed by atoms with Crippen molar-refractivity contribution in [3.63, 3.8) is 0 Å². The number of nitrogens with zero attached hydrogens (tertiary/aromatic N) is 3. The number of rotatable bonds is 4. The van der Waals surface area contributed by atoms with Gasteiger partial charge in [-0.05, 0) is 36.2 Å². The first-order valence-corrected chi connectivity index (χ1v) is 9.58. The summed E-state index contributed by atoms with van der Waals surface area (Å²) in [5, 5.41) is 34.0. The van der Waals surface area contributed by atoms with E-state index in [1.807, 2.05) is 0 Å². The Hall–Kier alpha value is -3.43. The van der Waals surface area contributed by atoms with Gasteiger partial charge in [0, 0.05) is 22.5 Å². The molecule has 0 bridgehead atoms. The van der Waals surface area contributed by atoms with Gasteiger partial charge in [-0.1, -0.05) is 17.2 Å². The van der Waals surface area contributed by atoms with Crippen LogP contribution in [0, 0.1) is 0 Å². The Labute approximate surface area is 176 Å². The number of phenolic OH excluding ortho intramolecular Hbond substituents is 2. The number of hydrogen-bond acceptors (Lipinski definition) is 8. The van der Waals surface area contributed by atoms with Gasteiger partial charge in [0.2, 0.25) is 5.78 Å². The van der Waals surface area contributed by atoms with Gasteiger partial charge >= 0.3 is 0 Å². The first-order valence-electron chi connectivity index (χ1n) is 9.58. The quantitative estimate of drug-likeness (QED) is 0.329. The number of benzene rings is 2. The summed E-state index contributed by atoms with van der Waals surface area (Å²) in [6.07, 6.45) is -2.21. The van der Waals surface area contributed by atoms with Gasteiger partial charge < -0.3 is 24.8 Å². The smallest absolute Gasteiger partial charge is 0.201 e. The number of carbonyl (C=O) groups is 2. The van der Waals surface area contributed by atoms with Crippen molar-refractivity contribution in [2.75, 3.05) is 0 Å². The maximum Gasteiger partial charge on any atom is 0.201 e. The lowest BCUT2D eigenvalue weighted by Crippen LogP contribution is -2.46. The van der Waals surface area contributed by atoms with E-state index < -0.39 is 41.9 Å². The fourth-order valence-corrected chi connectivity index (χ4v) is 3.93. The molecule has 10 nitrogen and oxygen atoms in total. The van der Waals surface area contributed by atoms with Crippen molar-refractivity contribution in [3.8, 4) is 11.5 Å².